The number of aliphatic carboxylic acids is 1. The number of rotatable bonds is 8. The number of nitrogens with one attached hydrogen (secondary N) is 1. The Balaban J connectivity index is 2.31. The molecule has 2 aromatic carbocycles. The molecular formula is C21H23Cl2NO5. The molecule has 2 aromatic rings. The van der Waals surface area contributed by atoms with Crippen molar-refractivity contribution in [2.24, 2.45) is 0 Å². The maximum atomic E-state index is 12.5. The fraction of sp³-hybridized carbons (Fsp3) is 0.333. The van der Waals surface area contributed by atoms with E-state index in [-0.39, 0.29) is 23.2 Å². The highest BCUT2D eigenvalue weighted by Gasteiger charge is 2.37. The number of hydrogen-bond donors (Lipinski definition) is 2. The first kappa shape index (κ1) is 23.0. The van der Waals surface area contributed by atoms with Crippen molar-refractivity contribution in [2.45, 2.75) is 39.0 Å². The van der Waals surface area contributed by atoms with E-state index in [1.165, 1.54) is 26.2 Å². The number of carboxylic acids is 1. The Kier molecular flexibility index (Phi) is 7.52. The van der Waals surface area contributed by atoms with E-state index in [1.54, 1.807) is 38.1 Å². The van der Waals surface area contributed by atoms with Gasteiger partial charge in [0.15, 0.2) is 5.60 Å². The summed E-state index contributed by atoms with van der Waals surface area (Å²) in [4.78, 5) is 24.4. The van der Waals surface area contributed by atoms with Gasteiger partial charge < -0.3 is 19.9 Å². The Morgan fingerprint density at radius 3 is 2.41 bits per heavy atom. The number of benzene rings is 2. The third-order valence-electron chi connectivity index (χ3n) is 4.33. The van der Waals surface area contributed by atoms with Crippen LogP contribution >= 0.6 is 23.2 Å². The van der Waals surface area contributed by atoms with E-state index >= 15 is 0 Å². The molecular weight excluding hydrogens is 417 g/mol. The first-order valence-electron chi connectivity index (χ1n) is 8.90. The lowest BCUT2D eigenvalue weighted by molar-refractivity contribution is -0.170. The first-order chi connectivity index (χ1) is 13.6. The Hall–Kier alpha value is -2.28. The second-order valence-electron chi connectivity index (χ2n) is 6.84. The van der Waals surface area contributed by atoms with Crippen molar-refractivity contribution in [2.75, 3.05) is 7.11 Å². The monoisotopic (exact) mass is 439 g/mol. The maximum Gasteiger partial charge on any atom is 0.340 e. The van der Waals surface area contributed by atoms with E-state index < -0.39 is 17.5 Å². The van der Waals surface area contributed by atoms with E-state index in [4.69, 9.17) is 32.7 Å². The van der Waals surface area contributed by atoms with E-state index in [9.17, 15) is 14.7 Å². The van der Waals surface area contributed by atoms with Crippen LogP contribution in [0.5, 0.6) is 5.75 Å². The molecule has 2 N–H and O–H groups in total. The van der Waals surface area contributed by atoms with Crippen LogP contribution in [0.15, 0.2) is 36.4 Å². The number of methoxy groups -OCH3 is 1. The zero-order chi connectivity index (χ0) is 21.8. The van der Waals surface area contributed by atoms with Gasteiger partial charge in [0, 0.05) is 17.1 Å². The van der Waals surface area contributed by atoms with Crippen LogP contribution < -0.4 is 10.1 Å². The Morgan fingerprint density at radius 1 is 1.17 bits per heavy atom. The van der Waals surface area contributed by atoms with E-state index in [0.717, 1.165) is 0 Å². The third kappa shape index (κ3) is 5.41. The van der Waals surface area contributed by atoms with Gasteiger partial charge in [-0.1, -0.05) is 29.3 Å². The average Bonchev–Trinajstić information content (AvgIpc) is 2.65. The summed E-state index contributed by atoms with van der Waals surface area (Å²) in [5, 5.41) is 13.2. The summed E-state index contributed by atoms with van der Waals surface area (Å²) in [6.45, 7) is 5.13. The Morgan fingerprint density at radius 2 is 1.86 bits per heavy atom. The number of hydrogen-bond acceptors (Lipinski definition) is 4. The van der Waals surface area contributed by atoms with Gasteiger partial charge in [-0.2, -0.15) is 0 Å². The number of carbonyl (C=O) groups is 2. The minimum Gasteiger partial charge on any atom is -0.496 e. The molecule has 0 spiro atoms. The van der Waals surface area contributed by atoms with E-state index in [2.05, 4.69) is 5.32 Å². The number of carbonyl (C=O) groups excluding carboxylic acids is 1. The van der Waals surface area contributed by atoms with Crippen LogP contribution in [0.1, 0.15) is 42.3 Å². The van der Waals surface area contributed by atoms with Crippen LogP contribution in [0.3, 0.4) is 0 Å². The van der Waals surface area contributed by atoms with Crippen molar-refractivity contribution in [3.8, 4) is 5.75 Å². The highest BCUT2D eigenvalue weighted by atomic mass is 35.5. The quantitative estimate of drug-likeness (QED) is 0.624. The SMILES string of the molecule is COc1ccc(C(C)(OC(C)C)C(=O)O)cc1CNC(=O)c1ccc(Cl)cc1Cl. The maximum absolute atomic E-state index is 12.5. The molecule has 0 saturated heterocycles. The highest BCUT2D eigenvalue weighted by molar-refractivity contribution is 6.36. The average molecular weight is 440 g/mol. The summed E-state index contributed by atoms with van der Waals surface area (Å²) >= 11 is 11.9. The summed E-state index contributed by atoms with van der Waals surface area (Å²) in [6.07, 6.45) is -0.298. The van der Waals surface area contributed by atoms with Crippen molar-refractivity contribution >= 4 is 35.1 Å². The molecule has 1 amide bonds. The topological polar surface area (TPSA) is 84.9 Å². The highest BCUT2D eigenvalue weighted by Crippen LogP contribution is 2.31. The lowest BCUT2D eigenvalue weighted by Gasteiger charge is -2.29. The summed E-state index contributed by atoms with van der Waals surface area (Å²) in [6, 6.07) is 9.53. The van der Waals surface area contributed by atoms with Crippen molar-refractivity contribution in [1.29, 1.82) is 0 Å². The van der Waals surface area contributed by atoms with Gasteiger partial charge in [-0.25, -0.2) is 4.79 Å². The molecule has 0 aliphatic heterocycles. The van der Waals surface area contributed by atoms with Crippen molar-refractivity contribution < 1.29 is 24.2 Å². The van der Waals surface area contributed by atoms with Gasteiger partial charge in [0.1, 0.15) is 5.75 Å². The number of carboxylic acid groups (broad SMARTS) is 1. The van der Waals surface area contributed by atoms with Crippen LogP contribution in [-0.4, -0.2) is 30.2 Å². The predicted molar refractivity (Wildman–Crippen MR) is 112 cm³/mol. The van der Waals surface area contributed by atoms with E-state index in [1.807, 2.05) is 0 Å². The molecule has 0 aromatic heterocycles. The summed E-state index contributed by atoms with van der Waals surface area (Å²) in [5.41, 5.74) is -0.222. The second kappa shape index (κ2) is 9.48. The molecule has 6 nitrogen and oxygen atoms in total. The standard InChI is InChI=1S/C21H23Cl2NO5/c1-12(2)29-21(3,20(26)27)14-5-8-18(28-4)13(9-14)11-24-19(25)16-7-6-15(22)10-17(16)23/h5-10,12H,11H2,1-4H3,(H,24,25)(H,26,27). The molecule has 0 radical (unpaired) electrons. The summed E-state index contributed by atoms with van der Waals surface area (Å²) in [7, 11) is 1.50. The molecule has 0 saturated carbocycles. The third-order valence-corrected chi connectivity index (χ3v) is 4.87. The van der Waals surface area contributed by atoms with Gasteiger partial charge in [0.05, 0.1) is 23.8 Å². The van der Waals surface area contributed by atoms with Crippen molar-refractivity contribution in [3.05, 3.63) is 63.1 Å². The molecule has 2 rings (SSSR count). The molecule has 1 atom stereocenters. The largest absolute Gasteiger partial charge is 0.496 e. The van der Waals surface area contributed by atoms with Gasteiger partial charge >= 0.3 is 5.97 Å². The van der Waals surface area contributed by atoms with Crippen LogP contribution in [0, 0.1) is 0 Å². The summed E-state index contributed by atoms with van der Waals surface area (Å²) in [5.74, 6) is -0.994. The number of amides is 1. The Labute approximate surface area is 179 Å². The molecule has 0 aliphatic rings. The lowest BCUT2D eigenvalue weighted by atomic mass is 9.93. The predicted octanol–water partition coefficient (Wildman–Crippen LogP) is 4.66. The molecule has 29 heavy (non-hydrogen) atoms. The molecule has 1 unspecified atom stereocenters. The Bertz CT molecular complexity index is 916. The van der Waals surface area contributed by atoms with Crippen molar-refractivity contribution in [1.82, 2.24) is 5.32 Å². The van der Waals surface area contributed by atoms with Gasteiger partial charge in [0.25, 0.3) is 5.91 Å². The van der Waals surface area contributed by atoms with Crippen LogP contribution in [0.25, 0.3) is 0 Å². The molecule has 8 heteroatoms. The van der Waals surface area contributed by atoms with Crippen molar-refractivity contribution in [3.63, 3.8) is 0 Å². The lowest BCUT2D eigenvalue weighted by Crippen LogP contribution is -2.38. The minimum atomic E-state index is -1.54. The fourth-order valence-corrected chi connectivity index (χ4v) is 3.37. The first-order valence-corrected chi connectivity index (χ1v) is 9.66. The van der Waals surface area contributed by atoms with E-state index in [0.29, 0.717) is 21.9 Å². The van der Waals surface area contributed by atoms with Gasteiger partial charge in [-0.3, -0.25) is 4.79 Å². The normalized spacial score (nSPS) is 13.1. The van der Waals surface area contributed by atoms with Gasteiger partial charge in [0.2, 0.25) is 0 Å². The van der Waals surface area contributed by atoms with Crippen LogP contribution in [0.4, 0.5) is 0 Å². The number of halogens is 2. The molecule has 156 valence electrons. The summed E-state index contributed by atoms with van der Waals surface area (Å²) < 4.78 is 11.0. The van der Waals surface area contributed by atoms with Gasteiger partial charge in [-0.05, 0) is 56.7 Å². The zero-order valence-corrected chi connectivity index (χ0v) is 18.1. The zero-order valence-electron chi connectivity index (χ0n) is 16.6. The van der Waals surface area contributed by atoms with Crippen LogP contribution in [0.2, 0.25) is 10.0 Å². The van der Waals surface area contributed by atoms with Gasteiger partial charge in [-0.15, -0.1) is 0 Å². The fourth-order valence-electron chi connectivity index (χ4n) is 2.87. The molecule has 0 heterocycles. The minimum absolute atomic E-state index is 0.103. The molecule has 0 bridgehead atoms. The smallest absolute Gasteiger partial charge is 0.340 e. The van der Waals surface area contributed by atoms with Crippen LogP contribution in [-0.2, 0) is 21.7 Å². The molecule has 0 fully saturated rings. The number of ether oxygens (including phenoxy) is 2. The molecule has 0 aliphatic carbocycles. The second-order valence-corrected chi connectivity index (χ2v) is 7.68.